The van der Waals surface area contributed by atoms with E-state index in [0.717, 1.165) is 5.56 Å². The number of carbonyl (C=O) groups excluding carboxylic acids is 2. The summed E-state index contributed by atoms with van der Waals surface area (Å²) in [4.78, 5) is 26.0. The van der Waals surface area contributed by atoms with Crippen LogP contribution >= 0.6 is 0 Å². The van der Waals surface area contributed by atoms with Gasteiger partial charge in [-0.1, -0.05) is 44.2 Å². The fourth-order valence-corrected chi connectivity index (χ4v) is 7.00. The van der Waals surface area contributed by atoms with Crippen molar-refractivity contribution in [3.8, 4) is 11.5 Å². The van der Waals surface area contributed by atoms with Crippen LogP contribution in [0.3, 0.4) is 0 Å². The van der Waals surface area contributed by atoms with E-state index in [4.69, 9.17) is 14.2 Å². The molecule has 2 aromatic rings. The predicted molar refractivity (Wildman–Crippen MR) is 151 cm³/mol. The summed E-state index contributed by atoms with van der Waals surface area (Å²) in [5.74, 6) is 0.633. The second kappa shape index (κ2) is 12.5. The summed E-state index contributed by atoms with van der Waals surface area (Å²) in [7, 11) is 3.06. The molecular formula is C31H42N2O7. The number of hydrogen-bond acceptors (Lipinski definition) is 7. The molecule has 2 aliphatic rings. The summed E-state index contributed by atoms with van der Waals surface area (Å²) in [5, 5.41) is 27.5. The summed E-state index contributed by atoms with van der Waals surface area (Å²) in [5.41, 5.74) is 0.334. The van der Waals surface area contributed by atoms with Crippen molar-refractivity contribution in [2.45, 2.75) is 64.7 Å². The van der Waals surface area contributed by atoms with E-state index in [1.54, 1.807) is 18.2 Å². The number of anilines is 1. The Morgan fingerprint density at radius 2 is 1.68 bits per heavy atom. The van der Waals surface area contributed by atoms with E-state index in [9.17, 15) is 19.8 Å². The molecule has 2 aliphatic carbocycles. The van der Waals surface area contributed by atoms with Crippen LogP contribution in [0.2, 0.25) is 0 Å². The molecule has 2 aromatic carbocycles. The van der Waals surface area contributed by atoms with E-state index in [-0.39, 0.29) is 30.8 Å². The molecule has 218 valence electrons. The maximum Gasteiger partial charge on any atom is 0.411 e. The number of aliphatic hydroxyl groups excluding tert-OH is 2. The molecule has 0 saturated heterocycles. The van der Waals surface area contributed by atoms with Crippen LogP contribution in [0.5, 0.6) is 11.5 Å². The first-order valence-electron chi connectivity index (χ1n) is 13.9. The van der Waals surface area contributed by atoms with E-state index in [2.05, 4.69) is 17.6 Å². The zero-order valence-corrected chi connectivity index (χ0v) is 23.8. The van der Waals surface area contributed by atoms with Crippen molar-refractivity contribution in [2.24, 2.45) is 22.7 Å². The SMILES string of the molecule is COc1cc(NC(=O)O[C@@H]2CC[C@]3(C)[C@H](CC[C@@H](O)[C@H]3CC(=O)NCc3ccccc3)[C@]2(C)CO)cc(OC)c1. The number of rotatable bonds is 9. The third kappa shape index (κ3) is 6.20. The van der Waals surface area contributed by atoms with E-state index in [1.165, 1.54) is 14.2 Å². The molecule has 0 bridgehead atoms. The van der Waals surface area contributed by atoms with Gasteiger partial charge in [0.05, 0.1) is 32.6 Å². The van der Waals surface area contributed by atoms with Gasteiger partial charge in [0.15, 0.2) is 0 Å². The predicted octanol–water partition coefficient (Wildman–Crippen LogP) is 4.51. The number of methoxy groups -OCH3 is 2. The molecule has 2 fully saturated rings. The standard InChI is InChI=1S/C31H42N2O7/c1-30-13-12-27(40-29(37)33-21-14-22(38-3)16-23(15-21)39-4)31(2,19-34)26(30)11-10-25(35)24(30)17-28(36)32-18-20-8-6-5-7-9-20/h5-9,14-16,24-27,34-35H,10-13,17-19H2,1-4H3,(H,32,36)(H,33,37)/t24-,25-,26+,27-,30+,31+/m1/s1. The van der Waals surface area contributed by atoms with Gasteiger partial charge in [-0.2, -0.15) is 0 Å². The molecule has 9 heteroatoms. The van der Waals surface area contributed by atoms with Gasteiger partial charge in [0.1, 0.15) is 17.6 Å². The number of fused-ring (bicyclic) bond motifs is 1. The van der Waals surface area contributed by atoms with Crippen molar-refractivity contribution >= 4 is 17.7 Å². The minimum absolute atomic E-state index is 0.0520. The average Bonchev–Trinajstić information content (AvgIpc) is 2.95. The van der Waals surface area contributed by atoms with Gasteiger partial charge in [-0.15, -0.1) is 0 Å². The first kappa shape index (κ1) is 29.7. The fourth-order valence-electron chi connectivity index (χ4n) is 7.00. The van der Waals surface area contributed by atoms with Crippen LogP contribution in [0.25, 0.3) is 0 Å². The molecular weight excluding hydrogens is 512 g/mol. The third-order valence-electron chi connectivity index (χ3n) is 9.26. The Hall–Kier alpha value is -3.30. The van der Waals surface area contributed by atoms with E-state index in [0.29, 0.717) is 49.4 Å². The van der Waals surface area contributed by atoms with Crippen LogP contribution in [-0.2, 0) is 16.1 Å². The number of aliphatic hydroxyl groups is 2. The summed E-state index contributed by atoms with van der Waals surface area (Å²) in [6.07, 6.45) is 0.782. The van der Waals surface area contributed by atoms with Crippen molar-refractivity contribution in [3.63, 3.8) is 0 Å². The molecule has 40 heavy (non-hydrogen) atoms. The van der Waals surface area contributed by atoms with Crippen LogP contribution in [0, 0.1) is 22.7 Å². The normalized spacial score (nSPS) is 29.6. The van der Waals surface area contributed by atoms with E-state index < -0.39 is 29.1 Å². The molecule has 0 aromatic heterocycles. The third-order valence-corrected chi connectivity index (χ3v) is 9.26. The molecule has 9 nitrogen and oxygen atoms in total. The van der Waals surface area contributed by atoms with Gasteiger partial charge in [-0.25, -0.2) is 4.79 Å². The highest BCUT2D eigenvalue weighted by atomic mass is 16.6. The monoisotopic (exact) mass is 554 g/mol. The fraction of sp³-hybridized carbons (Fsp3) is 0.548. The molecule has 0 radical (unpaired) electrons. The highest BCUT2D eigenvalue weighted by Gasteiger charge is 2.60. The second-order valence-electron chi connectivity index (χ2n) is 11.6. The van der Waals surface area contributed by atoms with Gasteiger partial charge in [-0.05, 0) is 48.5 Å². The van der Waals surface area contributed by atoms with Crippen molar-refractivity contribution in [2.75, 3.05) is 26.1 Å². The Morgan fingerprint density at radius 3 is 2.30 bits per heavy atom. The Balaban J connectivity index is 1.45. The second-order valence-corrected chi connectivity index (χ2v) is 11.6. The summed E-state index contributed by atoms with van der Waals surface area (Å²) in [6.45, 7) is 4.32. The van der Waals surface area contributed by atoms with Crippen molar-refractivity contribution in [1.29, 1.82) is 0 Å². The Labute approximate surface area is 236 Å². The number of amides is 2. The van der Waals surface area contributed by atoms with Gasteiger partial charge >= 0.3 is 6.09 Å². The van der Waals surface area contributed by atoms with Gasteiger partial charge < -0.3 is 29.7 Å². The maximum atomic E-state index is 13.0. The highest BCUT2D eigenvalue weighted by Crippen LogP contribution is 2.61. The lowest BCUT2D eigenvalue weighted by Crippen LogP contribution is -2.61. The van der Waals surface area contributed by atoms with Gasteiger partial charge in [0.25, 0.3) is 0 Å². The number of benzene rings is 2. The van der Waals surface area contributed by atoms with Crippen LogP contribution in [-0.4, -0.2) is 55.2 Å². The topological polar surface area (TPSA) is 126 Å². The van der Waals surface area contributed by atoms with Crippen LogP contribution in [0.15, 0.2) is 48.5 Å². The van der Waals surface area contributed by atoms with Gasteiger partial charge in [0.2, 0.25) is 5.91 Å². The first-order chi connectivity index (χ1) is 19.1. The lowest BCUT2D eigenvalue weighted by molar-refractivity contribution is -0.185. The lowest BCUT2D eigenvalue weighted by Gasteiger charge is -2.60. The molecule has 2 saturated carbocycles. The Bertz CT molecular complexity index is 1150. The minimum Gasteiger partial charge on any atom is -0.497 e. The van der Waals surface area contributed by atoms with Crippen molar-refractivity contribution in [3.05, 3.63) is 54.1 Å². The number of ether oxygens (including phenoxy) is 3. The summed E-state index contributed by atoms with van der Waals surface area (Å²) < 4.78 is 16.5. The first-order valence-corrected chi connectivity index (χ1v) is 13.9. The molecule has 6 atom stereocenters. The maximum absolute atomic E-state index is 13.0. The summed E-state index contributed by atoms with van der Waals surface area (Å²) in [6, 6.07) is 14.8. The number of carbonyl (C=O) groups is 2. The van der Waals surface area contributed by atoms with E-state index in [1.807, 2.05) is 37.3 Å². The zero-order chi connectivity index (χ0) is 28.9. The number of nitrogens with one attached hydrogen (secondary N) is 2. The van der Waals surface area contributed by atoms with Crippen molar-refractivity contribution in [1.82, 2.24) is 5.32 Å². The van der Waals surface area contributed by atoms with E-state index >= 15 is 0 Å². The quantitative estimate of drug-likeness (QED) is 0.359. The lowest BCUT2D eigenvalue weighted by atomic mass is 9.46. The van der Waals surface area contributed by atoms with Crippen LogP contribution in [0.1, 0.15) is 51.5 Å². The smallest absolute Gasteiger partial charge is 0.411 e. The molecule has 2 amide bonds. The average molecular weight is 555 g/mol. The molecule has 0 aliphatic heterocycles. The molecule has 0 heterocycles. The Morgan fingerprint density at radius 1 is 1.00 bits per heavy atom. The van der Waals surface area contributed by atoms with Crippen LogP contribution in [0.4, 0.5) is 10.5 Å². The largest absolute Gasteiger partial charge is 0.497 e. The number of hydrogen-bond donors (Lipinski definition) is 4. The summed E-state index contributed by atoms with van der Waals surface area (Å²) >= 11 is 0. The molecule has 4 N–H and O–H groups in total. The zero-order valence-electron chi connectivity index (χ0n) is 23.8. The van der Waals surface area contributed by atoms with Gasteiger partial charge in [0, 0.05) is 36.6 Å². The van der Waals surface area contributed by atoms with Crippen LogP contribution < -0.4 is 20.1 Å². The minimum atomic E-state index is -0.741. The molecule has 0 unspecified atom stereocenters. The van der Waals surface area contributed by atoms with Gasteiger partial charge in [-0.3, -0.25) is 10.1 Å². The molecule has 0 spiro atoms. The highest BCUT2D eigenvalue weighted by molar-refractivity contribution is 5.85. The Kier molecular flexibility index (Phi) is 9.26. The van der Waals surface area contributed by atoms with Crippen molar-refractivity contribution < 1.29 is 34.0 Å². The molecule has 4 rings (SSSR count).